The minimum absolute atomic E-state index is 0.145. The summed E-state index contributed by atoms with van der Waals surface area (Å²) >= 11 is 4.19. The van der Waals surface area contributed by atoms with Crippen LogP contribution in [0.2, 0.25) is 0 Å². The van der Waals surface area contributed by atoms with Crippen LogP contribution in [-0.2, 0) is 9.59 Å². The maximum Gasteiger partial charge on any atom is 0.296 e. The molecule has 0 saturated carbocycles. The molecule has 2 amide bonds. The Bertz CT molecular complexity index is 1790. The van der Waals surface area contributed by atoms with Gasteiger partial charge in [0.05, 0.1) is 16.4 Å². The van der Waals surface area contributed by atoms with Crippen LogP contribution < -0.4 is 20.0 Å². The first-order valence-corrected chi connectivity index (χ1v) is 21.5. The molecule has 11 heteroatoms. The summed E-state index contributed by atoms with van der Waals surface area (Å²) in [4.78, 5) is 37.8. The molecule has 3 aliphatic rings. The smallest absolute Gasteiger partial charge is 0.296 e. The average molecular weight is 782 g/mol. The maximum absolute atomic E-state index is 12.9. The highest BCUT2D eigenvalue weighted by atomic mass is 32.2. The lowest BCUT2D eigenvalue weighted by atomic mass is 10.1. The third-order valence-corrected chi connectivity index (χ3v) is 13.4. The van der Waals surface area contributed by atoms with Crippen LogP contribution in [0.4, 0.5) is 22.7 Å². The normalized spacial score (nSPS) is 21.2. The van der Waals surface area contributed by atoms with Crippen molar-refractivity contribution >= 4 is 69.6 Å². The van der Waals surface area contributed by atoms with Crippen molar-refractivity contribution in [2.45, 2.75) is 101 Å². The molecule has 3 heterocycles. The van der Waals surface area contributed by atoms with E-state index in [1.165, 1.54) is 27.5 Å². The predicted octanol–water partition coefficient (Wildman–Crippen LogP) is 9.02. The molecule has 3 aromatic carbocycles. The lowest BCUT2D eigenvalue weighted by Gasteiger charge is -2.30. The van der Waals surface area contributed by atoms with Crippen LogP contribution in [0.3, 0.4) is 0 Å². The number of hydrazone groups is 1. The third kappa shape index (κ3) is 10.3. The molecule has 55 heavy (non-hydrogen) atoms. The zero-order chi connectivity index (χ0) is 39.5. The van der Waals surface area contributed by atoms with Gasteiger partial charge in [0.25, 0.3) is 5.91 Å². The molecule has 2 atom stereocenters. The standard InChI is InChI=1S/C44H59N7O2S2/c1-30(2)41(52)46-40-39(42(53)48(9)47-40)45-33-18-24-34(25-19-33)49(26-10-12-37-50(28-43(5,6)54-37)35-20-14-31(3)15-21-35)27-11-13-38-51(29-44(7,8)55-38)36-22-16-32(4)17-23-36/h14-25,30,37-38H,10-13,26-29H2,1-9H3,(H,46,47,52). The molecule has 9 nitrogen and oxygen atoms in total. The van der Waals surface area contributed by atoms with E-state index in [0.29, 0.717) is 16.4 Å². The number of amidine groups is 1. The molecule has 0 radical (unpaired) electrons. The van der Waals surface area contributed by atoms with Crippen LogP contribution in [0, 0.1) is 19.8 Å². The number of benzene rings is 3. The number of aryl methyl sites for hydroxylation is 2. The highest BCUT2D eigenvalue weighted by Crippen LogP contribution is 2.45. The van der Waals surface area contributed by atoms with Gasteiger partial charge in [-0.15, -0.1) is 28.6 Å². The van der Waals surface area contributed by atoms with Crippen molar-refractivity contribution in [1.29, 1.82) is 0 Å². The first kappa shape index (κ1) is 40.7. The number of amides is 2. The van der Waals surface area contributed by atoms with Crippen LogP contribution in [0.5, 0.6) is 0 Å². The van der Waals surface area contributed by atoms with Crippen molar-refractivity contribution in [3.63, 3.8) is 0 Å². The Morgan fingerprint density at radius 3 is 1.75 bits per heavy atom. The Labute approximate surface area is 337 Å². The molecular weight excluding hydrogens is 723 g/mol. The lowest BCUT2D eigenvalue weighted by molar-refractivity contribution is -0.123. The Morgan fingerprint density at radius 1 is 0.818 bits per heavy atom. The van der Waals surface area contributed by atoms with Gasteiger partial charge in [0.15, 0.2) is 11.5 Å². The number of nitrogens with zero attached hydrogens (tertiary/aromatic N) is 6. The van der Waals surface area contributed by atoms with Crippen molar-refractivity contribution in [3.05, 3.63) is 83.9 Å². The Morgan fingerprint density at radius 2 is 1.29 bits per heavy atom. The van der Waals surface area contributed by atoms with Gasteiger partial charge in [0, 0.05) is 65.7 Å². The monoisotopic (exact) mass is 781 g/mol. The second-order valence-corrected chi connectivity index (χ2v) is 20.5. The van der Waals surface area contributed by atoms with E-state index in [4.69, 9.17) is 0 Å². The molecule has 294 valence electrons. The molecule has 3 aliphatic heterocycles. The number of carbonyl (C=O) groups is 2. The number of carbonyl (C=O) groups excluding carboxylic acids is 2. The molecule has 0 spiro atoms. The van der Waals surface area contributed by atoms with E-state index in [-0.39, 0.29) is 38.8 Å². The van der Waals surface area contributed by atoms with E-state index in [0.717, 1.165) is 57.5 Å². The third-order valence-electron chi connectivity index (χ3n) is 10.4. The fraction of sp³-hybridized carbons (Fsp3) is 0.500. The summed E-state index contributed by atoms with van der Waals surface area (Å²) in [7, 11) is 1.57. The molecule has 0 aliphatic carbocycles. The first-order chi connectivity index (χ1) is 26.1. The largest absolute Gasteiger partial charge is 0.372 e. The Hall–Kier alpha value is -3.96. The van der Waals surface area contributed by atoms with Crippen molar-refractivity contribution in [3.8, 4) is 0 Å². The van der Waals surface area contributed by atoms with Gasteiger partial charge >= 0.3 is 0 Å². The van der Waals surface area contributed by atoms with E-state index >= 15 is 0 Å². The Balaban J connectivity index is 1.18. The zero-order valence-electron chi connectivity index (χ0n) is 34.1. The minimum Gasteiger partial charge on any atom is -0.372 e. The molecule has 3 aromatic rings. The average Bonchev–Trinajstić information content (AvgIpc) is 3.72. The topological polar surface area (TPSA) is 83.8 Å². The number of hydrogen-bond donors (Lipinski definition) is 1. The number of anilines is 3. The van der Waals surface area contributed by atoms with Crippen molar-refractivity contribution in [1.82, 2.24) is 10.3 Å². The SMILES string of the molecule is Cc1ccc(N2CC(C)(C)SC2CCCN(CCCC2SC(C)(C)CN2c2ccc(C)cc2)c2ccc(N=C3C(=O)N(C)N=C3NC(=O)C(C)C)cc2)cc1. The van der Waals surface area contributed by atoms with Gasteiger partial charge in [0.1, 0.15) is 0 Å². The van der Waals surface area contributed by atoms with Crippen molar-refractivity contribution in [2.24, 2.45) is 16.0 Å². The molecule has 6 rings (SSSR count). The highest BCUT2D eigenvalue weighted by molar-refractivity contribution is 8.01. The number of aliphatic imine (C=N–C) groups is 1. The minimum atomic E-state index is -0.343. The van der Waals surface area contributed by atoms with E-state index in [1.807, 2.05) is 12.1 Å². The van der Waals surface area contributed by atoms with E-state index in [2.05, 4.69) is 156 Å². The molecule has 1 N–H and O–H groups in total. The molecule has 2 fully saturated rings. The van der Waals surface area contributed by atoms with Crippen LogP contribution in [0.25, 0.3) is 0 Å². The fourth-order valence-electron chi connectivity index (χ4n) is 7.47. The molecule has 0 bridgehead atoms. The second-order valence-electron chi connectivity index (χ2n) is 16.8. The predicted molar refractivity (Wildman–Crippen MR) is 235 cm³/mol. The van der Waals surface area contributed by atoms with Crippen LogP contribution in [0.1, 0.15) is 78.4 Å². The lowest BCUT2D eigenvalue weighted by Crippen LogP contribution is -2.38. The van der Waals surface area contributed by atoms with E-state index in [9.17, 15) is 9.59 Å². The Kier molecular flexibility index (Phi) is 12.6. The molecule has 2 unspecified atom stereocenters. The number of thioether (sulfide) groups is 2. The van der Waals surface area contributed by atoms with Crippen molar-refractivity contribution < 1.29 is 9.59 Å². The summed E-state index contributed by atoms with van der Waals surface area (Å²) in [6.45, 7) is 21.3. The number of nitrogens with one attached hydrogen (secondary N) is 1. The second kappa shape index (κ2) is 17.0. The van der Waals surface area contributed by atoms with Gasteiger partial charge in [-0.25, -0.2) is 10.0 Å². The quantitative estimate of drug-likeness (QED) is 0.185. The maximum atomic E-state index is 12.9. The summed E-state index contributed by atoms with van der Waals surface area (Å²) in [5.41, 5.74) is 7.12. The van der Waals surface area contributed by atoms with Crippen LogP contribution >= 0.6 is 23.5 Å². The highest BCUT2D eigenvalue weighted by Gasteiger charge is 2.39. The number of rotatable bonds is 13. The van der Waals surface area contributed by atoms with Gasteiger partial charge in [-0.2, -0.15) is 0 Å². The van der Waals surface area contributed by atoms with Gasteiger partial charge in [-0.3, -0.25) is 9.59 Å². The van der Waals surface area contributed by atoms with Gasteiger partial charge in [-0.1, -0.05) is 49.2 Å². The van der Waals surface area contributed by atoms with Crippen molar-refractivity contribution in [2.75, 3.05) is 47.9 Å². The molecule has 0 aromatic heterocycles. The van der Waals surface area contributed by atoms with Crippen LogP contribution in [0.15, 0.2) is 82.9 Å². The van der Waals surface area contributed by atoms with Gasteiger partial charge in [-0.05, 0) is 116 Å². The summed E-state index contributed by atoms with van der Waals surface area (Å²) in [5.74, 6) is -0.602. The van der Waals surface area contributed by atoms with Crippen LogP contribution in [-0.4, -0.2) is 81.8 Å². The molecular formula is C44H59N7O2S2. The summed E-state index contributed by atoms with van der Waals surface area (Å²) < 4.78 is 0.390. The zero-order valence-corrected chi connectivity index (χ0v) is 35.8. The van der Waals surface area contributed by atoms with E-state index in [1.54, 1.807) is 20.9 Å². The summed E-state index contributed by atoms with van der Waals surface area (Å²) in [6, 6.07) is 26.1. The number of hydrogen-bond acceptors (Lipinski definition) is 9. The summed E-state index contributed by atoms with van der Waals surface area (Å²) in [5, 5.41) is 9.08. The van der Waals surface area contributed by atoms with E-state index < -0.39 is 0 Å². The van der Waals surface area contributed by atoms with Gasteiger partial charge in [0.2, 0.25) is 5.91 Å². The molecule has 2 saturated heterocycles. The van der Waals surface area contributed by atoms with Gasteiger partial charge < -0.3 is 20.0 Å². The summed E-state index contributed by atoms with van der Waals surface area (Å²) in [6.07, 6.45) is 4.32. The first-order valence-electron chi connectivity index (χ1n) is 19.7. The fourth-order valence-corrected chi connectivity index (χ4v) is 10.6.